The van der Waals surface area contributed by atoms with Crippen molar-refractivity contribution in [2.24, 2.45) is 5.92 Å². The average molecular weight is 262 g/mol. The molecule has 104 valence electrons. The van der Waals surface area contributed by atoms with Crippen LogP contribution in [-0.2, 0) is 16.0 Å². The summed E-state index contributed by atoms with van der Waals surface area (Å²) in [5, 5.41) is 3.42. The van der Waals surface area contributed by atoms with E-state index in [0.717, 1.165) is 12.1 Å². The number of ether oxygens (including phenoxy) is 1. The summed E-state index contributed by atoms with van der Waals surface area (Å²) in [6, 6.07) is 8.36. The molecule has 0 fully saturated rings. The second-order valence-corrected chi connectivity index (χ2v) is 5.15. The summed E-state index contributed by atoms with van der Waals surface area (Å²) in [7, 11) is 3.49. The predicted octanol–water partition coefficient (Wildman–Crippen LogP) is 1.76. The third kappa shape index (κ3) is 3.07. The molecule has 19 heavy (non-hydrogen) atoms. The number of nitrogens with zero attached hydrogens (tertiary/aromatic N) is 1. The van der Waals surface area contributed by atoms with E-state index in [2.05, 4.69) is 24.4 Å². The van der Waals surface area contributed by atoms with Gasteiger partial charge < -0.3 is 15.0 Å². The second kappa shape index (κ2) is 6.06. The van der Waals surface area contributed by atoms with Crippen LogP contribution in [0.4, 0.5) is 5.69 Å². The molecule has 1 amide bonds. The van der Waals surface area contributed by atoms with Crippen LogP contribution < -0.4 is 5.32 Å². The number of benzene rings is 1. The van der Waals surface area contributed by atoms with Gasteiger partial charge in [0.05, 0.1) is 12.5 Å². The first-order valence-corrected chi connectivity index (χ1v) is 6.72. The van der Waals surface area contributed by atoms with Crippen LogP contribution in [0.25, 0.3) is 0 Å². The number of rotatable bonds is 4. The third-order valence-corrected chi connectivity index (χ3v) is 3.77. The van der Waals surface area contributed by atoms with E-state index in [4.69, 9.17) is 4.74 Å². The summed E-state index contributed by atoms with van der Waals surface area (Å²) in [6.45, 7) is 3.29. The van der Waals surface area contributed by atoms with Gasteiger partial charge in [0.2, 0.25) is 5.91 Å². The summed E-state index contributed by atoms with van der Waals surface area (Å²) in [5.74, 6) is 0.184. The summed E-state index contributed by atoms with van der Waals surface area (Å²) in [5.41, 5.74) is 2.37. The summed E-state index contributed by atoms with van der Waals surface area (Å²) in [6.07, 6.45) is 0.806. The van der Waals surface area contributed by atoms with Gasteiger partial charge in [0.25, 0.3) is 0 Å². The lowest BCUT2D eigenvalue weighted by molar-refractivity contribution is -0.135. The highest BCUT2D eigenvalue weighted by molar-refractivity contribution is 5.81. The summed E-state index contributed by atoms with van der Waals surface area (Å²) < 4.78 is 5.02. The Morgan fingerprint density at radius 2 is 2.21 bits per heavy atom. The van der Waals surface area contributed by atoms with Crippen molar-refractivity contribution in [1.82, 2.24) is 4.90 Å². The molecule has 2 atom stereocenters. The lowest BCUT2D eigenvalue weighted by Crippen LogP contribution is -2.45. The van der Waals surface area contributed by atoms with Crippen LogP contribution in [0.2, 0.25) is 0 Å². The third-order valence-electron chi connectivity index (χ3n) is 3.77. The van der Waals surface area contributed by atoms with Crippen molar-refractivity contribution < 1.29 is 9.53 Å². The Bertz CT molecular complexity index is 448. The number of nitrogens with one attached hydrogen (secondary N) is 1. The Labute approximate surface area is 114 Å². The van der Waals surface area contributed by atoms with E-state index in [1.807, 2.05) is 19.2 Å². The smallest absolute Gasteiger partial charge is 0.227 e. The predicted molar refractivity (Wildman–Crippen MR) is 76.2 cm³/mol. The van der Waals surface area contributed by atoms with Gasteiger partial charge in [-0.1, -0.05) is 18.2 Å². The van der Waals surface area contributed by atoms with E-state index in [1.165, 1.54) is 5.56 Å². The van der Waals surface area contributed by atoms with Crippen LogP contribution in [0.3, 0.4) is 0 Å². The van der Waals surface area contributed by atoms with Gasteiger partial charge in [-0.15, -0.1) is 0 Å². The SMILES string of the molecule is COCCN(C)C(=O)C1Cc2ccccc2NC1C. The first-order valence-electron chi connectivity index (χ1n) is 6.72. The Balaban J connectivity index is 2.07. The Morgan fingerprint density at radius 1 is 1.47 bits per heavy atom. The van der Waals surface area contributed by atoms with Crippen molar-refractivity contribution in [3.8, 4) is 0 Å². The molecule has 0 aliphatic carbocycles. The van der Waals surface area contributed by atoms with E-state index in [-0.39, 0.29) is 17.9 Å². The number of hydrogen-bond acceptors (Lipinski definition) is 3. The van der Waals surface area contributed by atoms with Crippen LogP contribution in [0.5, 0.6) is 0 Å². The van der Waals surface area contributed by atoms with Crippen molar-refractivity contribution in [3.63, 3.8) is 0 Å². The zero-order valence-electron chi connectivity index (χ0n) is 11.8. The molecule has 1 N–H and O–H groups in total. The highest BCUT2D eigenvalue weighted by Crippen LogP contribution is 2.29. The van der Waals surface area contributed by atoms with Crippen LogP contribution in [0.15, 0.2) is 24.3 Å². The summed E-state index contributed by atoms with van der Waals surface area (Å²) in [4.78, 5) is 14.2. The number of fused-ring (bicyclic) bond motifs is 1. The number of carbonyl (C=O) groups is 1. The first kappa shape index (κ1) is 13.9. The lowest BCUT2D eigenvalue weighted by atomic mass is 9.87. The van der Waals surface area contributed by atoms with Crippen molar-refractivity contribution >= 4 is 11.6 Å². The Kier molecular flexibility index (Phi) is 4.43. The molecule has 4 nitrogen and oxygen atoms in total. The maximum atomic E-state index is 12.5. The van der Waals surface area contributed by atoms with Crippen molar-refractivity contribution in [3.05, 3.63) is 29.8 Å². The number of anilines is 1. The number of para-hydroxylation sites is 1. The number of likely N-dealkylation sites (N-methyl/N-ethyl adjacent to an activating group) is 1. The monoisotopic (exact) mass is 262 g/mol. The van der Waals surface area contributed by atoms with Crippen molar-refractivity contribution in [2.45, 2.75) is 19.4 Å². The molecule has 0 saturated heterocycles. The lowest BCUT2D eigenvalue weighted by Gasteiger charge is -2.34. The number of methoxy groups -OCH3 is 1. The molecule has 2 unspecified atom stereocenters. The molecular weight excluding hydrogens is 240 g/mol. The topological polar surface area (TPSA) is 41.6 Å². The van der Waals surface area contributed by atoms with Crippen LogP contribution >= 0.6 is 0 Å². The number of hydrogen-bond donors (Lipinski definition) is 1. The van der Waals surface area contributed by atoms with Gasteiger partial charge in [-0.25, -0.2) is 0 Å². The van der Waals surface area contributed by atoms with Crippen LogP contribution in [0.1, 0.15) is 12.5 Å². The maximum absolute atomic E-state index is 12.5. The maximum Gasteiger partial charge on any atom is 0.227 e. The molecule has 0 saturated carbocycles. The van der Waals surface area contributed by atoms with Crippen molar-refractivity contribution in [1.29, 1.82) is 0 Å². The molecular formula is C15H22N2O2. The largest absolute Gasteiger partial charge is 0.383 e. The molecule has 1 aliphatic heterocycles. The standard InChI is InChI=1S/C15H22N2O2/c1-11-13(15(18)17(2)8-9-19-3)10-12-6-4-5-7-14(12)16-11/h4-7,11,13,16H,8-10H2,1-3H3. The first-order chi connectivity index (χ1) is 9.13. The van der Waals surface area contributed by atoms with E-state index in [0.29, 0.717) is 13.2 Å². The van der Waals surface area contributed by atoms with Gasteiger partial charge in [-0.2, -0.15) is 0 Å². The van der Waals surface area contributed by atoms with Gasteiger partial charge in [-0.05, 0) is 25.0 Å². The second-order valence-electron chi connectivity index (χ2n) is 5.15. The van der Waals surface area contributed by atoms with E-state index in [1.54, 1.807) is 12.0 Å². The van der Waals surface area contributed by atoms with E-state index in [9.17, 15) is 4.79 Å². The zero-order chi connectivity index (χ0) is 13.8. The normalized spacial score (nSPS) is 21.4. The minimum atomic E-state index is -0.00300. The molecule has 1 aliphatic rings. The van der Waals surface area contributed by atoms with Gasteiger partial charge in [-0.3, -0.25) is 4.79 Å². The summed E-state index contributed by atoms with van der Waals surface area (Å²) >= 11 is 0. The molecule has 0 aromatic heterocycles. The van der Waals surface area contributed by atoms with Crippen molar-refractivity contribution in [2.75, 3.05) is 32.6 Å². The molecule has 2 rings (SSSR count). The van der Waals surface area contributed by atoms with Gasteiger partial charge in [0.15, 0.2) is 0 Å². The van der Waals surface area contributed by atoms with E-state index < -0.39 is 0 Å². The highest BCUT2D eigenvalue weighted by Gasteiger charge is 2.31. The Hall–Kier alpha value is -1.55. The van der Waals surface area contributed by atoms with Gasteiger partial charge in [0, 0.05) is 32.4 Å². The minimum Gasteiger partial charge on any atom is -0.383 e. The number of carbonyl (C=O) groups excluding carboxylic acids is 1. The molecule has 1 aromatic rings. The quantitative estimate of drug-likeness (QED) is 0.899. The molecule has 0 bridgehead atoms. The zero-order valence-corrected chi connectivity index (χ0v) is 11.8. The molecule has 1 heterocycles. The minimum absolute atomic E-state index is 0.00300. The van der Waals surface area contributed by atoms with Gasteiger partial charge in [0.1, 0.15) is 0 Å². The highest BCUT2D eigenvalue weighted by atomic mass is 16.5. The van der Waals surface area contributed by atoms with Gasteiger partial charge >= 0.3 is 0 Å². The molecule has 0 spiro atoms. The Morgan fingerprint density at radius 3 is 2.95 bits per heavy atom. The fourth-order valence-corrected chi connectivity index (χ4v) is 2.52. The van der Waals surface area contributed by atoms with Crippen LogP contribution in [0, 0.1) is 5.92 Å². The average Bonchev–Trinajstić information content (AvgIpc) is 2.43. The number of amides is 1. The van der Waals surface area contributed by atoms with Crippen LogP contribution in [-0.4, -0.2) is 44.2 Å². The van der Waals surface area contributed by atoms with E-state index >= 15 is 0 Å². The fourth-order valence-electron chi connectivity index (χ4n) is 2.52. The molecule has 0 radical (unpaired) electrons. The molecule has 1 aromatic carbocycles. The fraction of sp³-hybridized carbons (Fsp3) is 0.533. The molecule has 4 heteroatoms.